The molecule has 0 unspecified atom stereocenters. The number of aryl methyl sites for hydroxylation is 1. The Morgan fingerprint density at radius 3 is 2.89 bits per heavy atom. The van der Waals surface area contributed by atoms with Gasteiger partial charge in [-0.05, 0) is 12.1 Å². The molecule has 0 aliphatic carbocycles. The molecule has 7 nitrogen and oxygen atoms in total. The monoisotopic (exact) mass is 281 g/mol. The minimum atomic E-state index is -0.421. The van der Waals surface area contributed by atoms with Gasteiger partial charge in [0.15, 0.2) is 0 Å². The van der Waals surface area contributed by atoms with Crippen LogP contribution in [0.2, 0.25) is 5.02 Å². The number of benzene rings is 1. The summed E-state index contributed by atoms with van der Waals surface area (Å²) in [6.07, 6.45) is 1.60. The van der Waals surface area contributed by atoms with Crippen LogP contribution in [0, 0.1) is 10.1 Å². The molecule has 0 aliphatic rings. The van der Waals surface area contributed by atoms with E-state index in [9.17, 15) is 10.1 Å². The third-order valence-corrected chi connectivity index (χ3v) is 2.88. The average Bonchev–Trinajstić information content (AvgIpc) is 2.75. The summed E-state index contributed by atoms with van der Waals surface area (Å²) < 4.78 is 1.78. The minimum absolute atomic E-state index is 0.0508. The van der Waals surface area contributed by atoms with E-state index in [2.05, 4.69) is 15.5 Å². The molecular weight excluding hydrogens is 270 g/mol. The van der Waals surface area contributed by atoms with Crippen LogP contribution in [0.25, 0.3) is 0 Å². The average molecular weight is 282 g/mol. The van der Waals surface area contributed by atoms with Gasteiger partial charge in [-0.3, -0.25) is 10.1 Å². The molecule has 0 spiro atoms. The van der Waals surface area contributed by atoms with Crippen LogP contribution in [-0.2, 0) is 20.1 Å². The fourth-order valence-corrected chi connectivity index (χ4v) is 1.84. The summed E-state index contributed by atoms with van der Waals surface area (Å²) in [6, 6.07) is 4.50. The zero-order valence-corrected chi connectivity index (χ0v) is 11.0. The molecule has 0 atom stereocenters. The van der Waals surface area contributed by atoms with Crippen LogP contribution in [0.1, 0.15) is 11.4 Å². The molecule has 1 N–H and O–H groups in total. The first kappa shape index (κ1) is 13.4. The van der Waals surface area contributed by atoms with E-state index < -0.39 is 4.92 Å². The maximum absolute atomic E-state index is 10.9. The Kier molecular flexibility index (Phi) is 4.08. The van der Waals surface area contributed by atoms with Crippen molar-refractivity contribution in [3.05, 3.63) is 51.1 Å². The van der Waals surface area contributed by atoms with E-state index in [0.29, 0.717) is 23.7 Å². The molecule has 19 heavy (non-hydrogen) atoms. The van der Waals surface area contributed by atoms with Gasteiger partial charge < -0.3 is 9.88 Å². The van der Waals surface area contributed by atoms with Crippen molar-refractivity contribution in [2.24, 2.45) is 7.05 Å². The molecule has 0 radical (unpaired) electrons. The second kappa shape index (κ2) is 5.77. The van der Waals surface area contributed by atoms with Crippen LogP contribution in [0.3, 0.4) is 0 Å². The normalized spacial score (nSPS) is 10.6. The fourth-order valence-electron chi connectivity index (χ4n) is 1.65. The Bertz CT molecular complexity index is 599. The van der Waals surface area contributed by atoms with E-state index in [1.165, 1.54) is 12.1 Å². The Hall–Kier alpha value is -1.99. The highest BCUT2D eigenvalue weighted by atomic mass is 35.5. The topological polar surface area (TPSA) is 85.9 Å². The number of rotatable bonds is 5. The Labute approximate surface area is 114 Å². The van der Waals surface area contributed by atoms with Gasteiger partial charge >= 0.3 is 0 Å². The van der Waals surface area contributed by atoms with E-state index in [1.54, 1.807) is 17.0 Å². The molecule has 1 heterocycles. The van der Waals surface area contributed by atoms with Crippen molar-refractivity contribution in [1.82, 2.24) is 20.1 Å². The first-order valence-corrected chi connectivity index (χ1v) is 5.92. The highest BCUT2D eigenvalue weighted by Gasteiger charge is 2.13. The van der Waals surface area contributed by atoms with Crippen molar-refractivity contribution in [2.45, 2.75) is 13.1 Å². The van der Waals surface area contributed by atoms with Gasteiger partial charge in [-0.1, -0.05) is 11.6 Å². The molecule has 8 heteroatoms. The van der Waals surface area contributed by atoms with Gasteiger partial charge in [-0.15, -0.1) is 10.2 Å². The summed E-state index contributed by atoms with van der Waals surface area (Å²) in [7, 11) is 1.83. The van der Waals surface area contributed by atoms with Crippen LogP contribution < -0.4 is 5.32 Å². The lowest BCUT2D eigenvalue weighted by Crippen LogP contribution is -2.16. The second-order valence-electron chi connectivity index (χ2n) is 3.99. The first-order chi connectivity index (χ1) is 9.08. The number of nitro groups is 1. The molecule has 0 saturated carbocycles. The van der Waals surface area contributed by atoms with Crippen LogP contribution in [0.15, 0.2) is 24.5 Å². The van der Waals surface area contributed by atoms with Crippen LogP contribution >= 0.6 is 11.6 Å². The quantitative estimate of drug-likeness (QED) is 0.665. The second-order valence-corrected chi connectivity index (χ2v) is 4.43. The zero-order valence-electron chi connectivity index (χ0n) is 10.2. The molecule has 2 aromatic rings. The van der Waals surface area contributed by atoms with Crippen LogP contribution in [-0.4, -0.2) is 19.7 Å². The van der Waals surface area contributed by atoms with Crippen molar-refractivity contribution >= 4 is 17.3 Å². The Balaban J connectivity index is 2.05. The summed E-state index contributed by atoms with van der Waals surface area (Å²) >= 11 is 5.85. The SMILES string of the molecule is Cn1cnnc1CNCc1cc(Cl)ccc1[N+](=O)[O-]. The predicted molar refractivity (Wildman–Crippen MR) is 69.7 cm³/mol. The van der Waals surface area contributed by atoms with E-state index in [4.69, 9.17) is 11.6 Å². The van der Waals surface area contributed by atoms with E-state index in [1.807, 2.05) is 7.05 Å². The Morgan fingerprint density at radius 1 is 1.47 bits per heavy atom. The van der Waals surface area contributed by atoms with Crippen molar-refractivity contribution in [3.63, 3.8) is 0 Å². The fraction of sp³-hybridized carbons (Fsp3) is 0.273. The third kappa shape index (κ3) is 3.27. The smallest absolute Gasteiger partial charge is 0.273 e. The number of aromatic nitrogens is 3. The predicted octanol–water partition coefficient (Wildman–Crippen LogP) is 1.67. The van der Waals surface area contributed by atoms with Gasteiger partial charge in [-0.2, -0.15) is 0 Å². The van der Waals surface area contributed by atoms with Gasteiger partial charge in [0.2, 0.25) is 0 Å². The zero-order chi connectivity index (χ0) is 13.8. The summed E-state index contributed by atoms with van der Waals surface area (Å²) in [4.78, 5) is 10.5. The van der Waals surface area contributed by atoms with Gasteiger partial charge in [0.05, 0.1) is 11.5 Å². The van der Waals surface area contributed by atoms with Crippen molar-refractivity contribution in [2.75, 3.05) is 0 Å². The number of halogens is 1. The van der Waals surface area contributed by atoms with Crippen molar-refractivity contribution in [1.29, 1.82) is 0 Å². The molecule has 0 fully saturated rings. The summed E-state index contributed by atoms with van der Waals surface area (Å²) in [5.74, 6) is 0.754. The van der Waals surface area contributed by atoms with Crippen LogP contribution in [0.5, 0.6) is 0 Å². The van der Waals surface area contributed by atoms with Crippen LogP contribution in [0.4, 0.5) is 5.69 Å². The molecule has 0 bridgehead atoms. The number of nitrogens with one attached hydrogen (secondary N) is 1. The highest BCUT2D eigenvalue weighted by molar-refractivity contribution is 6.30. The van der Waals surface area contributed by atoms with Gasteiger partial charge in [0.1, 0.15) is 12.2 Å². The lowest BCUT2D eigenvalue weighted by atomic mass is 10.2. The number of nitrogens with zero attached hydrogens (tertiary/aromatic N) is 4. The third-order valence-electron chi connectivity index (χ3n) is 2.64. The molecule has 100 valence electrons. The summed E-state index contributed by atoms with van der Waals surface area (Å²) in [5.41, 5.74) is 0.592. The molecule has 0 amide bonds. The van der Waals surface area contributed by atoms with Gasteiger partial charge in [0, 0.05) is 30.2 Å². The molecular formula is C11H12ClN5O2. The Morgan fingerprint density at radius 2 is 2.26 bits per heavy atom. The summed E-state index contributed by atoms with van der Waals surface area (Å²) in [6.45, 7) is 0.809. The first-order valence-electron chi connectivity index (χ1n) is 5.54. The maximum atomic E-state index is 10.9. The lowest BCUT2D eigenvalue weighted by molar-refractivity contribution is -0.385. The lowest BCUT2D eigenvalue weighted by Gasteiger charge is -2.05. The van der Waals surface area contributed by atoms with E-state index >= 15 is 0 Å². The van der Waals surface area contributed by atoms with Gasteiger partial charge in [0.25, 0.3) is 5.69 Å². The number of hydrogen-bond donors (Lipinski definition) is 1. The molecule has 2 rings (SSSR count). The molecule has 0 saturated heterocycles. The highest BCUT2D eigenvalue weighted by Crippen LogP contribution is 2.22. The largest absolute Gasteiger partial charge is 0.320 e. The number of hydrogen-bond acceptors (Lipinski definition) is 5. The summed E-state index contributed by atoms with van der Waals surface area (Å²) in [5, 5.41) is 22.1. The standard InChI is InChI=1S/C11H12ClN5O2/c1-16-7-14-15-11(16)6-13-5-8-4-9(12)2-3-10(8)17(18)19/h2-4,7,13H,5-6H2,1H3. The van der Waals surface area contributed by atoms with Crippen molar-refractivity contribution < 1.29 is 4.92 Å². The molecule has 0 aliphatic heterocycles. The van der Waals surface area contributed by atoms with E-state index in [0.717, 1.165) is 5.82 Å². The van der Waals surface area contributed by atoms with Crippen molar-refractivity contribution in [3.8, 4) is 0 Å². The number of nitro benzene ring substituents is 1. The van der Waals surface area contributed by atoms with E-state index in [-0.39, 0.29) is 5.69 Å². The van der Waals surface area contributed by atoms with Gasteiger partial charge in [-0.25, -0.2) is 0 Å². The maximum Gasteiger partial charge on any atom is 0.273 e. The molecule has 1 aromatic carbocycles. The molecule has 1 aromatic heterocycles. The minimum Gasteiger partial charge on any atom is -0.320 e.